The van der Waals surface area contributed by atoms with Crippen LogP contribution in [0.2, 0.25) is 0 Å². The lowest BCUT2D eigenvalue weighted by Gasteiger charge is -2.22. The Bertz CT molecular complexity index is 919. The number of carbonyl (C=O) groups is 2. The third-order valence-corrected chi connectivity index (χ3v) is 4.63. The number of amides is 3. The zero-order valence-corrected chi connectivity index (χ0v) is 14.5. The highest BCUT2D eigenvalue weighted by molar-refractivity contribution is 6.07. The van der Waals surface area contributed by atoms with Crippen molar-refractivity contribution in [1.82, 2.24) is 10.2 Å². The SMILES string of the molecule is C[C@@]1(c2ccc3c(c2)OCO3)NC(=O)N(CCOc2ccccc2F)C1=O. The van der Waals surface area contributed by atoms with E-state index in [0.29, 0.717) is 17.1 Å². The Morgan fingerprint density at radius 1 is 1.19 bits per heavy atom. The van der Waals surface area contributed by atoms with Crippen molar-refractivity contribution in [2.75, 3.05) is 19.9 Å². The summed E-state index contributed by atoms with van der Waals surface area (Å²) in [7, 11) is 0. The first-order valence-electron chi connectivity index (χ1n) is 8.40. The number of carbonyl (C=O) groups excluding carboxylic acids is 2. The highest BCUT2D eigenvalue weighted by Gasteiger charge is 2.49. The highest BCUT2D eigenvalue weighted by Crippen LogP contribution is 2.37. The molecule has 1 N–H and O–H groups in total. The van der Waals surface area contributed by atoms with Crippen LogP contribution in [0.15, 0.2) is 42.5 Å². The Balaban J connectivity index is 1.47. The Hall–Kier alpha value is -3.29. The number of imide groups is 1. The van der Waals surface area contributed by atoms with Crippen molar-refractivity contribution in [2.24, 2.45) is 0 Å². The van der Waals surface area contributed by atoms with Crippen molar-refractivity contribution in [2.45, 2.75) is 12.5 Å². The van der Waals surface area contributed by atoms with Crippen LogP contribution in [0.25, 0.3) is 0 Å². The molecule has 0 bridgehead atoms. The fourth-order valence-corrected chi connectivity index (χ4v) is 3.11. The second-order valence-electron chi connectivity index (χ2n) is 6.36. The van der Waals surface area contributed by atoms with Crippen LogP contribution in [0.5, 0.6) is 17.2 Å². The maximum absolute atomic E-state index is 13.6. The Kier molecular flexibility index (Phi) is 4.10. The first-order chi connectivity index (χ1) is 13.0. The van der Waals surface area contributed by atoms with Gasteiger partial charge in [-0.15, -0.1) is 0 Å². The second-order valence-corrected chi connectivity index (χ2v) is 6.36. The topological polar surface area (TPSA) is 77.1 Å². The van der Waals surface area contributed by atoms with Gasteiger partial charge in [0, 0.05) is 0 Å². The molecule has 0 saturated carbocycles. The van der Waals surface area contributed by atoms with Gasteiger partial charge < -0.3 is 19.5 Å². The van der Waals surface area contributed by atoms with E-state index < -0.39 is 23.3 Å². The molecular formula is C19H17FN2O5. The molecule has 1 fully saturated rings. The monoisotopic (exact) mass is 372 g/mol. The molecule has 2 aliphatic rings. The van der Waals surface area contributed by atoms with Crippen molar-refractivity contribution in [3.05, 3.63) is 53.8 Å². The molecule has 0 aromatic heterocycles. The minimum atomic E-state index is -1.23. The van der Waals surface area contributed by atoms with E-state index in [4.69, 9.17) is 14.2 Å². The van der Waals surface area contributed by atoms with E-state index in [1.54, 1.807) is 37.3 Å². The molecule has 0 radical (unpaired) electrons. The van der Waals surface area contributed by atoms with Gasteiger partial charge in [0.05, 0.1) is 6.54 Å². The number of hydrogen-bond donors (Lipinski definition) is 1. The van der Waals surface area contributed by atoms with Crippen LogP contribution in [0.1, 0.15) is 12.5 Å². The molecular weight excluding hydrogens is 355 g/mol. The van der Waals surface area contributed by atoms with Crippen molar-refractivity contribution in [3.63, 3.8) is 0 Å². The summed E-state index contributed by atoms with van der Waals surface area (Å²) in [6.45, 7) is 1.73. The molecule has 2 aliphatic heterocycles. The molecule has 27 heavy (non-hydrogen) atoms. The van der Waals surface area contributed by atoms with Gasteiger partial charge in [0.15, 0.2) is 23.1 Å². The molecule has 1 saturated heterocycles. The number of para-hydroxylation sites is 1. The summed E-state index contributed by atoms with van der Waals surface area (Å²) in [5.41, 5.74) is -0.640. The fourth-order valence-electron chi connectivity index (χ4n) is 3.11. The number of ether oxygens (including phenoxy) is 3. The van der Waals surface area contributed by atoms with Gasteiger partial charge in [-0.3, -0.25) is 9.69 Å². The number of hydrogen-bond acceptors (Lipinski definition) is 5. The maximum Gasteiger partial charge on any atom is 0.325 e. The largest absolute Gasteiger partial charge is 0.489 e. The summed E-state index contributed by atoms with van der Waals surface area (Å²) in [6.07, 6.45) is 0. The molecule has 2 heterocycles. The Morgan fingerprint density at radius 3 is 2.78 bits per heavy atom. The number of nitrogens with one attached hydrogen (secondary N) is 1. The lowest BCUT2D eigenvalue weighted by Crippen LogP contribution is -2.41. The van der Waals surface area contributed by atoms with Crippen molar-refractivity contribution in [1.29, 1.82) is 0 Å². The van der Waals surface area contributed by atoms with Gasteiger partial charge in [-0.25, -0.2) is 9.18 Å². The minimum absolute atomic E-state index is 0.000850. The van der Waals surface area contributed by atoms with E-state index >= 15 is 0 Å². The number of nitrogens with zero attached hydrogens (tertiary/aromatic N) is 1. The van der Waals surface area contributed by atoms with Gasteiger partial charge in [0.1, 0.15) is 12.1 Å². The standard InChI is InChI=1S/C19H17FN2O5/c1-19(12-6-7-15-16(10-12)27-11-26-15)17(23)22(18(24)21-19)8-9-25-14-5-3-2-4-13(14)20/h2-7,10H,8-9,11H2,1H3,(H,21,24)/t19-/m0/s1. The van der Waals surface area contributed by atoms with E-state index in [1.165, 1.54) is 12.1 Å². The quantitative estimate of drug-likeness (QED) is 0.816. The van der Waals surface area contributed by atoms with Crippen molar-refractivity contribution in [3.8, 4) is 17.2 Å². The third kappa shape index (κ3) is 2.92. The predicted octanol–water partition coefficient (Wildman–Crippen LogP) is 2.40. The summed E-state index contributed by atoms with van der Waals surface area (Å²) in [5, 5.41) is 2.71. The zero-order chi connectivity index (χ0) is 19.0. The normalized spacial score (nSPS) is 20.7. The average molecular weight is 372 g/mol. The predicted molar refractivity (Wildman–Crippen MR) is 92.1 cm³/mol. The van der Waals surface area contributed by atoms with Gasteiger partial charge >= 0.3 is 6.03 Å². The van der Waals surface area contributed by atoms with Crippen LogP contribution in [-0.2, 0) is 10.3 Å². The smallest absolute Gasteiger partial charge is 0.325 e. The number of rotatable bonds is 5. The van der Waals surface area contributed by atoms with Gasteiger partial charge in [0.25, 0.3) is 5.91 Å². The molecule has 140 valence electrons. The Morgan fingerprint density at radius 2 is 1.96 bits per heavy atom. The van der Waals surface area contributed by atoms with Gasteiger partial charge in [-0.2, -0.15) is 0 Å². The van der Waals surface area contributed by atoms with Gasteiger partial charge in [-0.1, -0.05) is 18.2 Å². The van der Waals surface area contributed by atoms with Crippen LogP contribution in [-0.4, -0.2) is 36.8 Å². The average Bonchev–Trinajstić information content (AvgIpc) is 3.21. The first kappa shape index (κ1) is 17.1. The first-order valence-corrected chi connectivity index (χ1v) is 8.40. The molecule has 0 aliphatic carbocycles. The summed E-state index contributed by atoms with van der Waals surface area (Å²) < 4.78 is 29.5. The van der Waals surface area contributed by atoms with Crippen LogP contribution in [0.3, 0.4) is 0 Å². The Labute approximate surface area is 154 Å². The number of urea groups is 1. The van der Waals surface area contributed by atoms with Crippen molar-refractivity contribution < 1.29 is 28.2 Å². The fraction of sp³-hybridized carbons (Fsp3) is 0.263. The van der Waals surface area contributed by atoms with Crippen LogP contribution >= 0.6 is 0 Å². The van der Waals surface area contributed by atoms with E-state index in [9.17, 15) is 14.0 Å². The molecule has 0 spiro atoms. The number of halogens is 1. The summed E-state index contributed by atoms with van der Waals surface area (Å²) >= 11 is 0. The molecule has 4 rings (SSSR count). The summed E-state index contributed by atoms with van der Waals surface area (Å²) in [4.78, 5) is 26.3. The molecule has 1 atom stereocenters. The maximum atomic E-state index is 13.6. The van der Waals surface area contributed by atoms with E-state index in [1.807, 2.05) is 0 Å². The van der Waals surface area contributed by atoms with Crippen LogP contribution < -0.4 is 19.5 Å². The molecule has 7 nitrogen and oxygen atoms in total. The molecule has 8 heteroatoms. The lowest BCUT2D eigenvalue weighted by atomic mass is 9.91. The zero-order valence-electron chi connectivity index (χ0n) is 14.5. The molecule has 3 amide bonds. The minimum Gasteiger partial charge on any atom is -0.489 e. The highest BCUT2D eigenvalue weighted by atomic mass is 19.1. The van der Waals surface area contributed by atoms with Crippen molar-refractivity contribution >= 4 is 11.9 Å². The number of fused-ring (bicyclic) bond motifs is 1. The van der Waals surface area contributed by atoms with Gasteiger partial charge in [0.2, 0.25) is 6.79 Å². The van der Waals surface area contributed by atoms with Crippen LogP contribution in [0.4, 0.5) is 9.18 Å². The molecule has 2 aromatic carbocycles. The lowest BCUT2D eigenvalue weighted by molar-refractivity contribution is -0.131. The molecule has 2 aromatic rings. The van der Waals surface area contributed by atoms with E-state index in [0.717, 1.165) is 4.90 Å². The summed E-state index contributed by atoms with van der Waals surface area (Å²) in [5.74, 6) is 0.276. The number of benzene rings is 2. The molecule has 0 unspecified atom stereocenters. The van der Waals surface area contributed by atoms with Crippen LogP contribution in [0, 0.1) is 5.82 Å². The van der Waals surface area contributed by atoms with Gasteiger partial charge in [-0.05, 0) is 36.8 Å². The summed E-state index contributed by atoms with van der Waals surface area (Å²) in [6, 6.07) is 10.5. The van der Waals surface area contributed by atoms with E-state index in [2.05, 4.69) is 5.32 Å². The third-order valence-electron chi connectivity index (χ3n) is 4.63. The van der Waals surface area contributed by atoms with E-state index in [-0.39, 0.29) is 25.7 Å². The second kappa shape index (κ2) is 6.46.